The van der Waals surface area contributed by atoms with E-state index in [1.807, 2.05) is 35.8 Å². The van der Waals surface area contributed by atoms with Gasteiger partial charge in [0.05, 0.1) is 6.04 Å². The molecule has 2 heterocycles. The van der Waals surface area contributed by atoms with Gasteiger partial charge in [-0.3, -0.25) is 4.99 Å². The van der Waals surface area contributed by atoms with Crippen molar-refractivity contribution >= 4 is 28.8 Å². The largest absolute Gasteiger partial charge is 0.329 e. The summed E-state index contributed by atoms with van der Waals surface area (Å²) in [4.78, 5) is 11.5. The van der Waals surface area contributed by atoms with Crippen LogP contribution >= 0.6 is 22.9 Å². The number of benzene rings is 1. The summed E-state index contributed by atoms with van der Waals surface area (Å²) in [6.45, 7) is 5.10. The van der Waals surface area contributed by atoms with Crippen LogP contribution in [0.25, 0.3) is 0 Å². The molecule has 1 aliphatic rings. The molecule has 1 aliphatic heterocycles. The van der Waals surface area contributed by atoms with Crippen molar-refractivity contribution in [1.29, 1.82) is 0 Å². The Morgan fingerprint density at radius 1 is 1.33 bits per heavy atom. The molecule has 1 atom stereocenters. The lowest BCUT2D eigenvalue weighted by Crippen LogP contribution is -2.33. The molecule has 3 nitrogen and oxygen atoms in total. The molecule has 0 saturated heterocycles. The predicted molar refractivity (Wildman–Crippen MR) is 89.0 cm³/mol. The zero-order chi connectivity index (χ0) is 14.8. The monoisotopic (exact) mass is 317 g/mol. The summed E-state index contributed by atoms with van der Waals surface area (Å²) < 4.78 is 0. The van der Waals surface area contributed by atoms with Crippen LogP contribution in [0.3, 0.4) is 0 Å². The fourth-order valence-corrected chi connectivity index (χ4v) is 3.39. The molecule has 108 valence electrons. The molecule has 0 N–H and O–H groups in total. The molecular weight excluding hydrogens is 302 g/mol. The van der Waals surface area contributed by atoms with E-state index in [0.29, 0.717) is 0 Å². The summed E-state index contributed by atoms with van der Waals surface area (Å²) in [5.74, 6) is 0.928. The van der Waals surface area contributed by atoms with Gasteiger partial charge in [-0.1, -0.05) is 29.8 Å². The van der Waals surface area contributed by atoms with Gasteiger partial charge in [0, 0.05) is 28.8 Å². The first-order chi connectivity index (χ1) is 10.2. The molecule has 0 bridgehead atoms. The first kappa shape index (κ1) is 14.3. The second kappa shape index (κ2) is 6.00. The Morgan fingerprint density at radius 2 is 2.14 bits per heavy atom. The number of hydrogen-bond acceptors (Lipinski definition) is 4. The van der Waals surface area contributed by atoms with Crippen molar-refractivity contribution in [2.75, 3.05) is 6.54 Å². The lowest BCUT2D eigenvalue weighted by Gasteiger charge is -2.30. The minimum absolute atomic E-state index is 0.0552. The van der Waals surface area contributed by atoms with E-state index in [-0.39, 0.29) is 6.04 Å². The molecule has 1 unspecified atom stereocenters. The van der Waals surface area contributed by atoms with Crippen molar-refractivity contribution in [2.24, 2.45) is 4.99 Å². The molecule has 0 amide bonds. The maximum absolute atomic E-state index is 6.32. The first-order valence-corrected chi connectivity index (χ1v) is 8.14. The standard InChI is InChI=1S/C16H16ClN3S/c1-3-20-11(2)10-14(12-6-4-5-7-13(12)17)19-15(20)16-18-8-9-21-16/h4-10,14H,3H2,1-2H3. The number of aliphatic imine (C=N–C) groups is 1. The van der Waals surface area contributed by atoms with E-state index in [1.165, 1.54) is 5.70 Å². The number of aromatic nitrogens is 1. The minimum atomic E-state index is -0.0552. The summed E-state index contributed by atoms with van der Waals surface area (Å²) in [7, 11) is 0. The molecule has 3 rings (SSSR count). The summed E-state index contributed by atoms with van der Waals surface area (Å²) in [5.41, 5.74) is 2.21. The maximum Gasteiger partial charge on any atom is 0.165 e. The number of thiazole rings is 1. The number of amidine groups is 1. The van der Waals surface area contributed by atoms with Crippen LogP contribution in [0.15, 0.2) is 52.6 Å². The van der Waals surface area contributed by atoms with Crippen molar-refractivity contribution < 1.29 is 0 Å². The second-order valence-corrected chi connectivity index (χ2v) is 6.11. The molecule has 2 aromatic rings. The van der Waals surface area contributed by atoms with E-state index >= 15 is 0 Å². The Morgan fingerprint density at radius 3 is 2.81 bits per heavy atom. The lowest BCUT2D eigenvalue weighted by atomic mass is 10.0. The maximum atomic E-state index is 6.32. The number of halogens is 1. The average molecular weight is 318 g/mol. The fourth-order valence-electron chi connectivity index (χ4n) is 2.50. The van der Waals surface area contributed by atoms with Gasteiger partial charge in [-0.15, -0.1) is 11.3 Å². The molecular formula is C16H16ClN3S. The number of nitrogens with zero attached hydrogens (tertiary/aromatic N) is 3. The molecule has 1 aromatic heterocycles. The van der Waals surface area contributed by atoms with Crippen LogP contribution in [-0.2, 0) is 0 Å². The van der Waals surface area contributed by atoms with Crippen molar-refractivity contribution in [3.8, 4) is 0 Å². The Hall–Kier alpha value is -1.65. The Bertz CT molecular complexity index is 691. The van der Waals surface area contributed by atoms with Crippen LogP contribution < -0.4 is 0 Å². The van der Waals surface area contributed by atoms with E-state index in [1.54, 1.807) is 11.3 Å². The SMILES string of the molecule is CCN1C(C)=CC(c2ccccc2Cl)N=C1c1nccs1. The third-order valence-electron chi connectivity index (χ3n) is 3.51. The van der Waals surface area contributed by atoms with E-state index < -0.39 is 0 Å². The molecule has 5 heteroatoms. The van der Waals surface area contributed by atoms with E-state index in [9.17, 15) is 0 Å². The predicted octanol–water partition coefficient (Wildman–Crippen LogP) is 4.52. The highest BCUT2D eigenvalue weighted by atomic mass is 35.5. The minimum Gasteiger partial charge on any atom is -0.329 e. The van der Waals surface area contributed by atoms with Gasteiger partial charge in [0.15, 0.2) is 10.8 Å². The molecule has 21 heavy (non-hydrogen) atoms. The van der Waals surface area contributed by atoms with Gasteiger partial charge in [-0.05, 0) is 31.6 Å². The van der Waals surface area contributed by atoms with Gasteiger partial charge in [-0.2, -0.15) is 0 Å². The van der Waals surface area contributed by atoms with Crippen LogP contribution in [-0.4, -0.2) is 22.3 Å². The van der Waals surface area contributed by atoms with Gasteiger partial charge < -0.3 is 4.90 Å². The van der Waals surface area contributed by atoms with Gasteiger partial charge in [0.25, 0.3) is 0 Å². The Balaban J connectivity index is 2.07. The summed E-state index contributed by atoms with van der Waals surface area (Å²) >= 11 is 7.93. The van der Waals surface area contributed by atoms with Crippen LogP contribution in [0, 0.1) is 0 Å². The molecule has 0 saturated carbocycles. The van der Waals surface area contributed by atoms with Crippen molar-refractivity contribution in [3.05, 3.63) is 63.2 Å². The summed E-state index contributed by atoms with van der Waals surface area (Å²) in [6, 6.07) is 7.82. The van der Waals surface area contributed by atoms with E-state index in [0.717, 1.165) is 28.0 Å². The topological polar surface area (TPSA) is 28.5 Å². The summed E-state index contributed by atoms with van der Waals surface area (Å²) in [5, 5.41) is 3.67. The van der Waals surface area contributed by atoms with Crippen molar-refractivity contribution in [1.82, 2.24) is 9.88 Å². The van der Waals surface area contributed by atoms with Crippen LogP contribution in [0.4, 0.5) is 0 Å². The third-order valence-corrected chi connectivity index (χ3v) is 4.62. The highest BCUT2D eigenvalue weighted by Gasteiger charge is 2.24. The Labute approximate surface area is 133 Å². The normalized spacial score (nSPS) is 18.4. The Kier molecular flexibility index (Phi) is 4.08. The fraction of sp³-hybridized carbons (Fsp3) is 0.250. The van der Waals surface area contributed by atoms with Crippen LogP contribution in [0.5, 0.6) is 0 Å². The number of rotatable bonds is 3. The quantitative estimate of drug-likeness (QED) is 0.832. The molecule has 0 fully saturated rings. The van der Waals surface area contributed by atoms with Gasteiger partial charge in [-0.25, -0.2) is 4.98 Å². The highest BCUT2D eigenvalue weighted by Crippen LogP contribution is 2.32. The van der Waals surface area contributed by atoms with Gasteiger partial charge in [0.2, 0.25) is 0 Å². The van der Waals surface area contributed by atoms with E-state index in [4.69, 9.17) is 16.6 Å². The average Bonchev–Trinajstić information content (AvgIpc) is 3.01. The van der Waals surface area contributed by atoms with Crippen LogP contribution in [0.1, 0.15) is 30.5 Å². The lowest BCUT2D eigenvalue weighted by molar-refractivity contribution is 0.518. The highest BCUT2D eigenvalue weighted by molar-refractivity contribution is 7.11. The van der Waals surface area contributed by atoms with Crippen LogP contribution in [0.2, 0.25) is 5.02 Å². The van der Waals surface area contributed by atoms with Gasteiger partial charge in [0.1, 0.15) is 0 Å². The summed E-state index contributed by atoms with van der Waals surface area (Å²) in [6.07, 6.45) is 3.97. The zero-order valence-corrected chi connectivity index (χ0v) is 13.5. The van der Waals surface area contributed by atoms with Crippen molar-refractivity contribution in [3.63, 3.8) is 0 Å². The third kappa shape index (κ3) is 2.74. The number of allylic oxidation sites excluding steroid dienone is 1. The van der Waals surface area contributed by atoms with Crippen molar-refractivity contribution in [2.45, 2.75) is 19.9 Å². The number of hydrogen-bond donors (Lipinski definition) is 0. The molecule has 0 spiro atoms. The van der Waals surface area contributed by atoms with E-state index in [2.05, 4.69) is 29.8 Å². The first-order valence-electron chi connectivity index (χ1n) is 6.88. The zero-order valence-electron chi connectivity index (χ0n) is 12.0. The molecule has 0 radical (unpaired) electrons. The van der Waals surface area contributed by atoms with Gasteiger partial charge >= 0.3 is 0 Å². The smallest absolute Gasteiger partial charge is 0.165 e. The molecule has 0 aliphatic carbocycles. The second-order valence-electron chi connectivity index (χ2n) is 4.81. The molecule has 1 aromatic carbocycles.